The van der Waals surface area contributed by atoms with Gasteiger partial charge in [-0.15, -0.1) is 11.3 Å². The molecule has 2 aromatic rings. The minimum absolute atomic E-state index is 0.273. The molecule has 0 radical (unpaired) electrons. The van der Waals surface area contributed by atoms with E-state index in [-0.39, 0.29) is 4.21 Å². The number of sulfonamides is 1. The van der Waals surface area contributed by atoms with E-state index in [2.05, 4.69) is 5.32 Å². The van der Waals surface area contributed by atoms with E-state index in [0.717, 1.165) is 9.18 Å². The van der Waals surface area contributed by atoms with Crippen molar-refractivity contribution in [3.8, 4) is 0 Å². The minimum Gasteiger partial charge on any atom is -0.315 e. The molecule has 0 saturated heterocycles. The first-order chi connectivity index (χ1) is 9.45. The molecule has 0 fully saturated rings. The lowest BCUT2D eigenvalue weighted by molar-refractivity contribution is 0.596. The van der Waals surface area contributed by atoms with Gasteiger partial charge in [-0.1, -0.05) is 0 Å². The Hall–Kier alpha value is -1.44. The smallest absolute Gasteiger partial charge is 0.273 e. The van der Waals surface area contributed by atoms with Gasteiger partial charge in [-0.05, 0) is 43.4 Å². The Labute approximate surface area is 121 Å². The number of hydrogen-bond acceptors (Lipinski definition) is 4. The van der Waals surface area contributed by atoms with Crippen molar-refractivity contribution in [2.45, 2.75) is 10.8 Å². The van der Waals surface area contributed by atoms with Crippen molar-refractivity contribution in [1.82, 2.24) is 5.32 Å². The number of thiophene rings is 1. The fourth-order valence-electron chi connectivity index (χ4n) is 1.69. The van der Waals surface area contributed by atoms with Crippen LogP contribution in [0.1, 0.15) is 4.88 Å². The molecule has 0 aliphatic heterocycles. The van der Waals surface area contributed by atoms with E-state index in [1.807, 2.05) is 0 Å². The quantitative estimate of drug-likeness (QED) is 0.922. The molecule has 4 nitrogen and oxygen atoms in total. The Bertz CT molecular complexity index is 681. The van der Waals surface area contributed by atoms with Crippen LogP contribution in [0, 0.1) is 5.82 Å². The molecule has 0 aliphatic rings. The van der Waals surface area contributed by atoms with Crippen LogP contribution in [0.25, 0.3) is 0 Å². The van der Waals surface area contributed by atoms with Crippen molar-refractivity contribution >= 4 is 27.0 Å². The molecule has 108 valence electrons. The zero-order chi connectivity index (χ0) is 14.8. The summed E-state index contributed by atoms with van der Waals surface area (Å²) in [5.41, 5.74) is 0.426. The number of benzene rings is 1. The monoisotopic (exact) mass is 314 g/mol. The Balaban J connectivity index is 2.30. The third kappa shape index (κ3) is 3.00. The summed E-state index contributed by atoms with van der Waals surface area (Å²) in [7, 11) is -0.338. The van der Waals surface area contributed by atoms with Crippen LogP contribution in [0.2, 0.25) is 0 Å². The second-order valence-corrected chi connectivity index (χ2v) is 7.56. The van der Waals surface area contributed by atoms with Gasteiger partial charge in [0, 0.05) is 18.5 Å². The van der Waals surface area contributed by atoms with Gasteiger partial charge in [0.1, 0.15) is 10.0 Å². The fourth-order valence-corrected chi connectivity index (χ4v) is 4.42. The van der Waals surface area contributed by atoms with Gasteiger partial charge in [0.15, 0.2) is 0 Å². The highest BCUT2D eigenvalue weighted by atomic mass is 32.2. The van der Waals surface area contributed by atoms with Gasteiger partial charge in [0.05, 0.1) is 5.69 Å². The summed E-state index contributed by atoms with van der Waals surface area (Å²) in [6.07, 6.45) is 0. The summed E-state index contributed by atoms with van der Waals surface area (Å²) in [5, 5.41) is 2.98. The molecule has 7 heteroatoms. The summed E-state index contributed by atoms with van der Waals surface area (Å²) < 4.78 is 39.2. The average Bonchev–Trinajstić information content (AvgIpc) is 2.88. The van der Waals surface area contributed by atoms with E-state index in [0.29, 0.717) is 12.2 Å². The van der Waals surface area contributed by atoms with Crippen molar-refractivity contribution < 1.29 is 12.8 Å². The minimum atomic E-state index is -3.60. The Morgan fingerprint density at radius 1 is 1.20 bits per heavy atom. The molecule has 1 aromatic heterocycles. The average molecular weight is 314 g/mol. The maximum Gasteiger partial charge on any atom is 0.273 e. The van der Waals surface area contributed by atoms with E-state index >= 15 is 0 Å². The summed E-state index contributed by atoms with van der Waals surface area (Å²) in [4.78, 5) is 0.943. The number of nitrogens with one attached hydrogen (secondary N) is 1. The van der Waals surface area contributed by atoms with Crippen molar-refractivity contribution in [1.29, 1.82) is 0 Å². The second-order valence-electron chi connectivity index (χ2n) is 4.20. The highest BCUT2D eigenvalue weighted by molar-refractivity contribution is 7.94. The van der Waals surface area contributed by atoms with E-state index in [1.54, 1.807) is 19.2 Å². The molecule has 0 bridgehead atoms. The van der Waals surface area contributed by atoms with Crippen LogP contribution < -0.4 is 9.62 Å². The first-order valence-corrected chi connectivity index (χ1v) is 8.18. The number of hydrogen-bond donors (Lipinski definition) is 1. The van der Waals surface area contributed by atoms with Crippen molar-refractivity contribution in [3.63, 3.8) is 0 Å². The maximum atomic E-state index is 12.9. The van der Waals surface area contributed by atoms with Gasteiger partial charge in [-0.3, -0.25) is 4.31 Å². The van der Waals surface area contributed by atoms with E-state index in [1.165, 1.54) is 42.6 Å². The highest BCUT2D eigenvalue weighted by Gasteiger charge is 2.23. The van der Waals surface area contributed by atoms with Crippen LogP contribution in [0.3, 0.4) is 0 Å². The highest BCUT2D eigenvalue weighted by Crippen LogP contribution is 2.27. The van der Waals surface area contributed by atoms with E-state index < -0.39 is 15.8 Å². The third-order valence-corrected chi connectivity index (χ3v) is 6.13. The van der Waals surface area contributed by atoms with E-state index in [9.17, 15) is 12.8 Å². The maximum absolute atomic E-state index is 12.9. The van der Waals surface area contributed by atoms with Gasteiger partial charge in [-0.25, -0.2) is 12.8 Å². The summed E-state index contributed by atoms with van der Waals surface area (Å²) >= 11 is 1.22. The van der Waals surface area contributed by atoms with Crippen molar-refractivity contribution in [2.75, 3.05) is 18.4 Å². The van der Waals surface area contributed by atoms with Gasteiger partial charge >= 0.3 is 0 Å². The lowest BCUT2D eigenvalue weighted by Gasteiger charge is -2.18. The zero-order valence-electron chi connectivity index (χ0n) is 11.1. The SMILES string of the molecule is CNCc1ccc(S(=O)(=O)N(C)c2ccc(F)cc2)s1. The lowest BCUT2D eigenvalue weighted by Crippen LogP contribution is -2.25. The first-order valence-electron chi connectivity index (χ1n) is 5.93. The molecule has 0 aliphatic carbocycles. The Morgan fingerprint density at radius 2 is 1.85 bits per heavy atom. The topological polar surface area (TPSA) is 49.4 Å². The van der Waals surface area contributed by atoms with Gasteiger partial charge in [0.25, 0.3) is 10.0 Å². The third-order valence-electron chi connectivity index (χ3n) is 2.79. The van der Waals surface area contributed by atoms with E-state index in [4.69, 9.17) is 0 Å². The number of nitrogens with zero attached hydrogens (tertiary/aromatic N) is 1. The molecule has 0 spiro atoms. The fraction of sp³-hybridized carbons (Fsp3) is 0.231. The molecule has 1 N–H and O–H groups in total. The number of halogens is 1. The van der Waals surface area contributed by atoms with Crippen molar-refractivity contribution in [2.24, 2.45) is 0 Å². The summed E-state index contributed by atoms with van der Waals surface area (Å²) in [6, 6.07) is 8.73. The number of anilines is 1. The largest absolute Gasteiger partial charge is 0.315 e. The van der Waals surface area contributed by atoms with Gasteiger partial charge in [0.2, 0.25) is 0 Å². The first kappa shape index (κ1) is 15.0. The van der Waals surface area contributed by atoms with Gasteiger partial charge in [-0.2, -0.15) is 0 Å². The molecular weight excluding hydrogens is 299 g/mol. The van der Waals surface area contributed by atoms with Crippen molar-refractivity contribution in [3.05, 3.63) is 47.1 Å². The molecule has 0 amide bonds. The molecule has 0 saturated carbocycles. The molecule has 0 unspecified atom stereocenters. The molecule has 1 aromatic carbocycles. The molecule has 1 heterocycles. The standard InChI is InChI=1S/C13H15FN2O2S2/c1-15-9-12-7-8-13(19-12)20(17,18)16(2)11-5-3-10(14)4-6-11/h3-8,15H,9H2,1-2H3. The Morgan fingerprint density at radius 3 is 2.45 bits per heavy atom. The molecular formula is C13H15FN2O2S2. The van der Waals surface area contributed by atoms with Crippen LogP contribution in [0.15, 0.2) is 40.6 Å². The number of rotatable bonds is 5. The normalized spacial score (nSPS) is 11.6. The lowest BCUT2D eigenvalue weighted by atomic mass is 10.3. The van der Waals surface area contributed by atoms with Crippen LogP contribution in [0.5, 0.6) is 0 Å². The molecule has 20 heavy (non-hydrogen) atoms. The predicted molar refractivity (Wildman–Crippen MR) is 79.1 cm³/mol. The second kappa shape index (κ2) is 5.90. The van der Waals surface area contributed by atoms with Crippen LogP contribution in [0.4, 0.5) is 10.1 Å². The van der Waals surface area contributed by atoms with Gasteiger partial charge < -0.3 is 5.32 Å². The van der Waals surface area contributed by atoms with Crippen LogP contribution in [-0.4, -0.2) is 22.5 Å². The predicted octanol–water partition coefficient (Wildman–Crippen LogP) is 2.43. The molecule has 0 atom stereocenters. The Kier molecular flexibility index (Phi) is 4.42. The molecule has 2 rings (SSSR count). The zero-order valence-corrected chi connectivity index (χ0v) is 12.8. The summed E-state index contributed by atoms with van der Waals surface area (Å²) in [6.45, 7) is 0.625. The van der Waals surface area contributed by atoms with Crippen LogP contribution >= 0.6 is 11.3 Å². The summed E-state index contributed by atoms with van der Waals surface area (Å²) in [5.74, 6) is -0.396. The van der Waals surface area contributed by atoms with Crippen LogP contribution in [-0.2, 0) is 16.6 Å².